The summed E-state index contributed by atoms with van der Waals surface area (Å²) < 4.78 is 10.9. The summed E-state index contributed by atoms with van der Waals surface area (Å²) in [7, 11) is 3.33. The van der Waals surface area contributed by atoms with E-state index in [0.717, 1.165) is 46.5 Å². The molecule has 0 bridgehead atoms. The number of nitrogens with one attached hydrogen (secondary N) is 1. The van der Waals surface area contributed by atoms with Gasteiger partial charge in [0.05, 0.1) is 19.1 Å². The maximum Gasteiger partial charge on any atom is 0.169 e. The van der Waals surface area contributed by atoms with Crippen molar-refractivity contribution >= 4 is 11.3 Å². The SMILES string of the molecule is COc1cccc(-c2cnc(CNCCC3=CCCCC3)s2)c1OC. The fourth-order valence-corrected chi connectivity index (χ4v) is 4.08. The second-order valence-electron chi connectivity index (χ2n) is 6.19. The molecule has 0 unspecified atom stereocenters. The molecule has 134 valence electrons. The van der Waals surface area contributed by atoms with Crippen molar-refractivity contribution in [2.24, 2.45) is 0 Å². The first-order valence-electron chi connectivity index (χ1n) is 8.86. The quantitative estimate of drug-likeness (QED) is 0.543. The van der Waals surface area contributed by atoms with Crippen LogP contribution in [0.1, 0.15) is 37.1 Å². The van der Waals surface area contributed by atoms with E-state index in [9.17, 15) is 0 Å². The summed E-state index contributed by atoms with van der Waals surface area (Å²) in [5.74, 6) is 1.51. The standard InChI is InChI=1S/C20H26N2O2S/c1-23-17-10-6-9-16(20(17)24-2)18-13-22-19(25-18)14-21-12-11-15-7-4-3-5-8-15/h6-7,9-10,13,21H,3-5,8,11-12,14H2,1-2H3. The Balaban J connectivity index is 1.58. The van der Waals surface area contributed by atoms with Crippen LogP contribution < -0.4 is 14.8 Å². The van der Waals surface area contributed by atoms with Gasteiger partial charge < -0.3 is 14.8 Å². The number of para-hydroxylation sites is 1. The van der Waals surface area contributed by atoms with Crippen LogP contribution in [0.3, 0.4) is 0 Å². The number of thiazole rings is 1. The molecule has 1 aromatic carbocycles. The van der Waals surface area contributed by atoms with Gasteiger partial charge in [0.15, 0.2) is 11.5 Å². The highest BCUT2D eigenvalue weighted by molar-refractivity contribution is 7.15. The maximum absolute atomic E-state index is 5.53. The van der Waals surface area contributed by atoms with Gasteiger partial charge in [-0.2, -0.15) is 0 Å². The van der Waals surface area contributed by atoms with Gasteiger partial charge >= 0.3 is 0 Å². The molecule has 0 fully saturated rings. The molecular weight excluding hydrogens is 332 g/mol. The second kappa shape index (κ2) is 9.02. The van der Waals surface area contributed by atoms with Gasteiger partial charge in [-0.05, 0) is 50.8 Å². The highest BCUT2D eigenvalue weighted by atomic mass is 32.1. The second-order valence-corrected chi connectivity index (χ2v) is 7.31. The van der Waals surface area contributed by atoms with E-state index in [-0.39, 0.29) is 0 Å². The lowest BCUT2D eigenvalue weighted by Gasteiger charge is -2.12. The number of aromatic nitrogens is 1. The molecular formula is C20H26N2O2S. The minimum atomic E-state index is 0.744. The third kappa shape index (κ3) is 4.61. The third-order valence-corrected chi connectivity index (χ3v) is 5.54. The highest BCUT2D eigenvalue weighted by Crippen LogP contribution is 2.39. The van der Waals surface area contributed by atoms with Gasteiger partial charge in [0, 0.05) is 18.3 Å². The van der Waals surface area contributed by atoms with Gasteiger partial charge in [-0.15, -0.1) is 11.3 Å². The van der Waals surface area contributed by atoms with Crippen molar-refractivity contribution in [2.45, 2.75) is 38.6 Å². The number of benzene rings is 1. The molecule has 1 aromatic heterocycles. The van der Waals surface area contributed by atoms with Gasteiger partial charge in [-0.1, -0.05) is 17.7 Å². The molecule has 1 N–H and O–H groups in total. The molecule has 0 aliphatic heterocycles. The minimum Gasteiger partial charge on any atom is -0.493 e. The van der Waals surface area contributed by atoms with Crippen LogP contribution in [0.15, 0.2) is 36.0 Å². The summed E-state index contributed by atoms with van der Waals surface area (Å²) in [6.45, 7) is 1.83. The summed E-state index contributed by atoms with van der Waals surface area (Å²) in [5, 5.41) is 4.61. The highest BCUT2D eigenvalue weighted by Gasteiger charge is 2.14. The first kappa shape index (κ1) is 18.0. The Bertz CT molecular complexity index is 724. The Kier molecular flexibility index (Phi) is 6.48. The smallest absolute Gasteiger partial charge is 0.169 e. The van der Waals surface area contributed by atoms with Crippen LogP contribution in [0.5, 0.6) is 11.5 Å². The van der Waals surface area contributed by atoms with Gasteiger partial charge in [-0.25, -0.2) is 4.98 Å². The lowest BCUT2D eigenvalue weighted by atomic mass is 9.97. The number of ether oxygens (including phenoxy) is 2. The fourth-order valence-electron chi connectivity index (χ4n) is 3.17. The van der Waals surface area contributed by atoms with Crippen molar-refractivity contribution in [1.82, 2.24) is 10.3 Å². The normalized spacial score (nSPS) is 14.2. The van der Waals surface area contributed by atoms with Crippen molar-refractivity contribution in [3.8, 4) is 21.9 Å². The van der Waals surface area contributed by atoms with E-state index in [1.165, 1.54) is 25.7 Å². The predicted octanol–water partition coefficient (Wildman–Crippen LogP) is 4.81. The van der Waals surface area contributed by atoms with Gasteiger partial charge in [0.2, 0.25) is 0 Å². The van der Waals surface area contributed by atoms with Crippen molar-refractivity contribution in [2.75, 3.05) is 20.8 Å². The number of hydrogen-bond donors (Lipinski definition) is 1. The molecule has 2 aromatic rings. The predicted molar refractivity (Wildman–Crippen MR) is 104 cm³/mol. The molecule has 1 aliphatic rings. The van der Waals surface area contributed by atoms with Gasteiger partial charge in [0.1, 0.15) is 5.01 Å². The summed E-state index contributed by atoms with van der Waals surface area (Å²) in [4.78, 5) is 5.65. The number of nitrogens with zero attached hydrogens (tertiary/aromatic N) is 1. The lowest BCUT2D eigenvalue weighted by Crippen LogP contribution is -2.15. The van der Waals surface area contributed by atoms with E-state index >= 15 is 0 Å². The average molecular weight is 359 g/mol. The maximum atomic E-state index is 5.53. The van der Waals surface area contributed by atoms with E-state index in [4.69, 9.17) is 9.47 Å². The van der Waals surface area contributed by atoms with Crippen LogP contribution in [-0.2, 0) is 6.54 Å². The van der Waals surface area contributed by atoms with Crippen LogP contribution in [0.4, 0.5) is 0 Å². The summed E-state index contributed by atoms with van der Waals surface area (Å²) in [6.07, 6.45) is 10.7. The molecule has 0 spiro atoms. The van der Waals surface area contributed by atoms with Crippen LogP contribution in [0.25, 0.3) is 10.4 Å². The molecule has 0 amide bonds. The van der Waals surface area contributed by atoms with Crippen LogP contribution in [0.2, 0.25) is 0 Å². The van der Waals surface area contributed by atoms with E-state index in [1.807, 2.05) is 24.4 Å². The van der Waals surface area contributed by atoms with Crippen molar-refractivity contribution in [3.05, 3.63) is 41.1 Å². The Morgan fingerprint density at radius 2 is 2.12 bits per heavy atom. The number of rotatable bonds is 8. The number of methoxy groups -OCH3 is 2. The Labute approximate surface area is 153 Å². The number of hydrogen-bond acceptors (Lipinski definition) is 5. The molecule has 3 rings (SSSR count). The van der Waals surface area contributed by atoms with Crippen LogP contribution in [-0.4, -0.2) is 25.7 Å². The Hall–Kier alpha value is -1.85. The molecule has 0 saturated heterocycles. The monoisotopic (exact) mass is 358 g/mol. The molecule has 1 aliphatic carbocycles. The van der Waals surface area contributed by atoms with E-state index in [0.29, 0.717) is 0 Å². The summed E-state index contributed by atoms with van der Waals surface area (Å²) in [5.41, 5.74) is 2.64. The van der Waals surface area contributed by atoms with Crippen LogP contribution in [0, 0.1) is 0 Å². The first-order chi connectivity index (χ1) is 12.3. The minimum absolute atomic E-state index is 0.744. The van der Waals surface area contributed by atoms with E-state index in [2.05, 4.69) is 16.4 Å². The zero-order chi connectivity index (χ0) is 17.5. The van der Waals surface area contributed by atoms with E-state index < -0.39 is 0 Å². The van der Waals surface area contributed by atoms with Crippen molar-refractivity contribution in [1.29, 1.82) is 0 Å². The third-order valence-electron chi connectivity index (χ3n) is 4.51. The summed E-state index contributed by atoms with van der Waals surface area (Å²) in [6, 6.07) is 5.93. The zero-order valence-corrected chi connectivity index (χ0v) is 15.8. The average Bonchev–Trinajstić information content (AvgIpc) is 3.14. The molecule has 0 atom stereocenters. The van der Waals surface area contributed by atoms with Gasteiger partial charge in [-0.3, -0.25) is 0 Å². The molecule has 0 saturated carbocycles. The summed E-state index contributed by atoms with van der Waals surface area (Å²) >= 11 is 1.70. The first-order valence-corrected chi connectivity index (χ1v) is 9.68. The van der Waals surface area contributed by atoms with Crippen LogP contribution >= 0.6 is 11.3 Å². The molecule has 1 heterocycles. The lowest BCUT2D eigenvalue weighted by molar-refractivity contribution is 0.356. The molecule has 25 heavy (non-hydrogen) atoms. The topological polar surface area (TPSA) is 43.4 Å². The van der Waals surface area contributed by atoms with Crippen molar-refractivity contribution in [3.63, 3.8) is 0 Å². The molecule has 5 heteroatoms. The Morgan fingerprint density at radius 3 is 2.88 bits per heavy atom. The Morgan fingerprint density at radius 1 is 1.20 bits per heavy atom. The molecule has 0 radical (unpaired) electrons. The van der Waals surface area contributed by atoms with E-state index in [1.54, 1.807) is 31.1 Å². The van der Waals surface area contributed by atoms with Crippen molar-refractivity contribution < 1.29 is 9.47 Å². The largest absolute Gasteiger partial charge is 0.493 e. The fraction of sp³-hybridized carbons (Fsp3) is 0.450. The van der Waals surface area contributed by atoms with Gasteiger partial charge in [0.25, 0.3) is 0 Å². The molecule has 4 nitrogen and oxygen atoms in total. The number of allylic oxidation sites excluding steroid dienone is 1. The zero-order valence-electron chi connectivity index (χ0n) is 15.0.